The molecule has 0 bridgehead atoms. The minimum absolute atomic E-state index is 0.0426. The van der Waals surface area contributed by atoms with Gasteiger partial charge in [-0.05, 0) is 36.2 Å². The first-order valence-electron chi connectivity index (χ1n) is 10.4. The Labute approximate surface area is 207 Å². The molecule has 0 spiro atoms. The molecule has 4 aromatic rings. The number of rotatable bonds is 8. The highest BCUT2D eigenvalue weighted by molar-refractivity contribution is 7.81. The number of nitrogens with one attached hydrogen (secondary N) is 1. The van der Waals surface area contributed by atoms with Crippen molar-refractivity contribution in [1.29, 1.82) is 0 Å². The van der Waals surface area contributed by atoms with Gasteiger partial charge in [0.05, 0.1) is 34.2 Å². The third-order valence-electron chi connectivity index (χ3n) is 5.16. The fourth-order valence-electron chi connectivity index (χ4n) is 3.46. The summed E-state index contributed by atoms with van der Waals surface area (Å²) in [6.45, 7) is 1.55. The van der Waals surface area contributed by atoms with Crippen LogP contribution < -0.4 is 9.62 Å². The standard InChI is InChI=1S/C24H20F2N4O3S2/c1-15-7-10-19(24(31)27-14-17-8-9-18(25)13-20(17)26)22(11-15)30(35(32)33)23-21(28-34-29-23)12-16-5-3-2-4-6-16/h2-11,13H,12,14H2,1H3,(H,27,31)(H,32,33)/p-1. The summed E-state index contributed by atoms with van der Waals surface area (Å²) in [5.41, 5.74) is 2.28. The number of hydrogen-bond donors (Lipinski definition) is 1. The van der Waals surface area contributed by atoms with Crippen molar-refractivity contribution >= 4 is 40.4 Å². The van der Waals surface area contributed by atoms with E-state index in [1.165, 1.54) is 12.1 Å². The van der Waals surface area contributed by atoms with Gasteiger partial charge in [0.2, 0.25) is 0 Å². The SMILES string of the molecule is Cc1ccc(C(=O)NCc2ccc(F)cc2F)c(N(c2nsnc2Cc2ccccc2)S(=O)[O-])c1. The highest BCUT2D eigenvalue weighted by Crippen LogP contribution is 2.33. The Morgan fingerprint density at radius 3 is 2.57 bits per heavy atom. The molecule has 0 aliphatic rings. The number of benzene rings is 3. The molecule has 35 heavy (non-hydrogen) atoms. The van der Waals surface area contributed by atoms with Crippen LogP contribution >= 0.6 is 11.7 Å². The van der Waals surface area contributed by atoms with Crippen molar-refractivity contribution < 1.29 is 22.3 Å². The van der Waals surface area contributed by atoms with Crippen LogP contribution in [0.25, 0.3) is 0 Å². The molecule has 0 aliphatic heterocycles. The van der Waals surface area contributed by atoms with E-state index < -0.39 is 28.8 Å². The third-order valence-corrected chi connectivity index (χ3v) is 6.39. The Bertz CT molecular complexity index is 1380. The summed E-state index contributed by atoms with van der Waals surface area (Å²) in [6, 6.07) is 17.1. The van der Waals surface area contributed by atoms with Gasteiger partial charge in [0.25, 0.3) is 5.91 Å². The number of aryl methyl sites for hydroxylation is 1. The van der Waals surface area contributed by atoms with E-state index in [0.717, 1.165) is 33.7 Å². The molecule has 0 aliphatic carbocycles. The summed E-state index contributed by atoms with van der Waals surface area (Å²) in [5, 5.41) is 2.57. The van der Waals surface area contributed by atoms with Crippen LogP contribution in [0.4, 0.5) is 20.3 Å². The molecule has 1 N–H and O–H groups in total. The molecule has 3 aromatic carbocycles. The zero-order chi connectivity index (χ0) is 24.9. The van der Waals surface area contributed by atoms with Crippen molar-refractivity contribution in [2.75, 3.05) is 4.31 Å². The maximum atomic E-state index is 14.0. The predicted octanol–water partition coefficient (Wildman–Crippen LogP) is 4.58. The van der Waals surface area contributed by atoms with Crippen LogP contribution in [0.2, 0.25) is 0 Å². The van der Waals surface area contributed by atoms with Crippen LogP contribution in [-0.4, -0.2) is 23.4 Å². The van der Waals surface area contributed by atoms with Gasteiger partial charge < -0.3 is 9.87 Å². The van der Waals surface area contributed by atoms with Gasteiger partial charge in [-0.3, -0.25) is 13.3 Å². The molecular formula is C24H19F2N4O3S2-. The van der Waals surface area contributed by atoms with Gasteiger partial charge in [0.1, 0.15) is 17.3 Å². The molecule has 4 rings (SSSR count). The first-order valence-corrected chi connectivity index (χ1v) is 12.2. The first-order chi connectivity index (χ1) is 16.8. The maximum absolute atomic E-state index is 14.0. The number of nitrogens with zero attached hydrogens (tertiary/aromatic N) is 3. The minimum atomic E-state index is -2.83. The van der Waals surface area contributed by atoms with Gasteiger partial charge in [0, 0.05) is 24.6 Å². The van der Waals surface area contributed by atoms with E-state index in [0.29, 0.717) is 17.7 Å². The summed E-state index contributed by atoms with van der Waals surface area (Å²) >= 11 is -1.96. The van der Waals surface area contributed by atoms with E-state index in [4.69, 9.17) is 0 Å². The molecule has 7 nitrogen and oxygen atoms in total. The van der Waals surface area contributed by atoms with E-state index in [-0.39, 0.29) is 29.2 Å². The minimum Gasteiger partial charge on any atom is -0.755 e. The first kappa shape index (κ1) is 24.6. The Hall–Kier alpha value is -3.54. The highest BCUT2D eigenvalue weighted by atomic mass is 32.2. The van der Waals surface area contributed by atoms with Crippen molar-refractivity contribution in [2.45, 2.75) is 19.9 Å². The van der Waals surface area contributed by atoms with Gasteiger partial charge >= 0.3 is 0 Å². The van der Waals surface area contributed by atoms with Crippen molar-refractivity contribution in [3.05, 3.63) is 106 Å². The second-order valence-corrected chi connectivity index (χ2v) is 8.98. The van der Waals surface area contributed by atoms with Gasteiger partial charge in [-0.25, -0.2) is 8.78 Å². The number of carbonyl (C=O) groups is 1. The van der Waals surface area contributed by atoms with Crippen molar-refractivity contribution in [3.63, 3.8) is 0 Å². The Balaban J connectivity index is 1.67. The molecule has 1 heterocycles. The lowest BCUT2D eigenvalue weighted by Crippen LogP contribution is -2.28. The summed E-state index contributed by atoms with van der Waals surface area (Å²) in [4.78, 5) is 13.0. The van der Waals surface area contributed by atoms with Gasteiger partial charge in [-0.1, -0.05) is 42.5 Å². The molecule has 180 valence electrons. The summed E-state index contributed by atoms with van der Waals surface area (Å²) in [6.07, 6.45) is 0.345. The molecule has 1 aromatic heterocycles. The lowest BCUT2D eigenvalue weighted by atomic mass is 10.1. The van der Waals surface area contributed by atoms with Gasteiger partial charge in [-0.15, -0.1) is 0 Å². The second-order valence-electron chi connectivity index (χ2n) is 7.65. The molecule has 0 saturated carbocycles. The Kier molecular flexibility index (Phi) is 7.59. The van der Waals surface area contributed by atoms with Crippen LogP contribution in [0.1, 0.15) is 32.7 Å². The van der Waals surface area contributed by atoms with Crippen molar-refractivity contribution in [3.8, 4) is 0 Å². The molecule has 0 fully saturated rings. The molecule has 11 heteroatoms. The number of amides is 1. The normalized spacial score (nSPS) is 11.8. The number of halogens is 2. The van der Waals surface area contributed by atoms with Crippen LogP contribution in [0.5, 0.6) is 0 Å². The average Bonchev–Trinajstić information content (AvgIpc) is 3.26. The Morgan fingerprint density at radius 1 is 1.09 bits per heavy atom. The molecular weight excluding hydrogens is 494 g/mol. The van der Waals surface area contributed by atoms with E-state index in [2.05, 4.69) is 14.1 Å². The number of hydrogen-bond acceptors (Lipinski definition) is 6. The topological polar surface area (TPSA) is 98.2 Å². The summed E-state index contributed by atoms with van der Waals surface area (Å²) < 4.78 is 61.3. The number of carbonyl (C=O) groups excluding carboxylic acids is 1. The smallest absolute Gasteiger partial charge is 0.253 e. The summed E-state index contributed by atoms with van der Waals surface area (Å²) in [5.74, 6) is -2.06. The van der Waals surface area contributed by atoms with E-state index >= 15 is 0 Å². The fraction of sp³-hybridized carbons (Fsp3) is 0.125. The van der Waals surface area contributed by atoms with E-state index in [1.54, 1.807) is 19.1 Å². The predicted molar refractivity (Wildman–Crippen MR) is 129 cm³/mol. The van der Waals surface area contributed by atoms with Crippen molar-refractivity contribution in [2.24, 2.45) is 0 Å². The quantitative estimate of drug-likeness (QED) is 0.348. The maximum Gasteiger partial charge on any atom is 0.253 e. The van der Waals surface area contributed by atoms with Crippen LogP contribution in [0.15, 0.2) is 66.7 Å². The lowest BCUT2D eigenvalue weighted by Gasteiger charge is -2.27. The lowest BCUT2D eigenvalue weighted by molar-refractivity contribution is 0.0951. The largest absolute Gasteiger partial charge is 0.755 e. The second kappa shape index (κ2) is 10.8. The third kappa shape index (κ3) is 5.76. The van der Waals surface area contributed by atoms with Gasteiger partial charge in [-0.2, -0.15) is 8.75 Å². The monoisotopic (exact) mass is 513 g/mol. The van der Waals surface area contributed by atoms with Crippen LogP contribution in [0, 0.1) is 18.6 Å². The molecule has 1 amide bonds. The zero-order valence-electron chi connectivity index (χ0n) is 18.4. The van der Waals surface area contributed by atoms with Gasteiger partial charge in [0.15, 0.2) is 5.82 Å². The highest BCUT2D eigenvalue weighted by Gasteiger charge is 2.24. The molecule has 1 unspecified atom stereocenters. The number of aromatic nitrogens is 2. The van der Waals surface area contributed by atoms with E-state index in [9.17, 15) is 22.3 Å². The average molecular weight is 514 g/mol. The molecule has 1 atom stereocenters. The van der Waals surface area contributed by atoms with E-state index in [1.807, 2.05) is 30.3 Å². The Morgan fingerprint density at radius 2 is 1.86 bits per heavy atom. The summed E-state index contributed by atoms with van der Waals surface area (Å²) in [7, 11) is 0. The van der Waals surface area contributed by atoms with Crippen LogP contribution in [-0.2, 0) is 24.2 Å². The zero-order valence-corrected chi connectivity index (χ0v) is 20.0. The molecule has 0 saturated heterocycles. The van der Waals surface area contributed by atoms with Crippen molar-refractivity contribution in [1.82, 2.24) is 14.1 Å². The number of anilines is 2. The fourth-order valence-corrected chi connectivity index (χ4v) is 4.66. The molecule has 0 radical (unpaired) electrons. The van der Waals surface area contributed by atoms with Crippen LogP contribution in [0.3, 0.4) is 0 Å².